The van der Waals surface area contributed by atoms with Crippen LogP contribution < -0.4 is 15.5 Å². The molecule has 1 aliphatic rings. The molecule has 1 aliphatic carbocycles. The Morgan fingerprint density at radius 1 is 0.909 bits per heavy atom. The van der Waals surface area contributed by atoms with E-state index in [-0.39, 0.29) is 0 Å². The number of benzene rings is 2. The molecule has 2 N–H and O–H groups in total. The van der Waals surface area contributed by atoms with Gasteiger partial charge in [-0.1, -0.05) is 36.4 Å². The minimum absolute atomic E-state index is 0.430. The fourth-order valence-electron chi connectivity index (χ4n) is 4.88. The van der Waals surface area contributed by atoms with Crippen LogP contribution >= 0.6 is 0 Å². The van der Waals surface area contributed by atoms with Crippen LogP contribution in [0.1, 0.15) is 31.2 Å². The van der Waals surface area contributed by atoms with Gasteiger partial charge in [-0.15, -0.1) is 0 Å². The Morgan fingerprint density at radius 2 is 1.73 bits per heavy atom. The van der Waals surface area contributed by atoms with E-state index >= 15 is 0 Å². The molecule has 0 unspecified atom stereocenters. The number of nitrogens with zero attached hydrogens (tertiary/aromatic N) is 4. The van der Waals surface area contributed by atoms with Crippen LogP contribution in [0.3, 0.4) is 0 Å². The SMILES string of the molecule is CN(C)c1nc(NC2CCC(CNCc3cccc4cccnc34)CC2)nc2ccccc12. The molecule has 33 heavy (non-hydrogen) atoms. The molecule has 170 valence electrons. The lowest BCUT2D eigenvalue weighted by Gasteiger charge is -2.29. The van der Waals surface area contributed by atoms with Gasteiger partial charge in [-0.25, -0.2) is 4.98 Å². The number of para-hydroxylation sites is 2. The summed E-state index contributed by atoms with van der Waals surface area (Å²) in [5, 5.41) is 9.58. The molecule has 6 nitrogen and oxygen atoms in total. The van der Waals surface area contributed by atoms with E-state index in [1.165, 1.54) is 23.8 Å². The fourth-order valence-corrected chi connectivity index (χ4v) is 4.88. The van der Waals surface area contributed by atoms with Crippen LogP contribution in [0.15, 0.2) is 60.8 Å². The average Bonchev–Trinajstić information content (AvgIpc) is 2.85. The van der Waals surface area contributed by atoms with E-state index in [2.05, 4.69) is 56.9 Å². The molecule has 0 atom stereocenters. The van der Waals surface area contributed by atoms with Gasteiger partial charge in [-0.2, -0.15) is 4.98 Å². The van der Waals surface area contributed by atoms with Crippen LogP contribution in [0, 0.1) is 5.92 Å². The van der Waals surface area contributed by atoms with Gasteiger partial charge in [-0.05, 0) is 61.9 Å². The third kappa shape index (κ3) is 4.91. The van der Waals surface area contributed by atoms with Crippen molar-refractivity contribution in [3.63, 3.8) is 0 Å². The molecular formula is C27H32N6. The van der Waals surface area contributed by atoms with Crippen molar-refractivity contribution in [1.29, 1.82) is 0 Å². The van der Waals surface area contributed by atoms with Gasteiger partial charge in [0.2, 0.25) is 5.95 Å². The molecule has 0 aliphatic heterocycles. The summed E-state index contributed by atoms with van der Waals surface area (Å²) in [7, 11) is 4.07. The highest BCUT2D eigenvalue weighted by atomic mass is 15.2. The molecule has 0 amide bonds. The summed E-state index contributed by atoms with van der Waals surface area (Å²) >= 11 is 0. The molecule has 1 saturated carbocycles. The van der Waals surface area contributed by atoms with E-state index in [0.29, 0.717) is 12.0 Å². The number of nitrogens with one attached hydrogen (secondary N) is 2. The van der Waals surface area contributed by atoms with Gasteiger partial charge in [0.05, 0.1) is 11.0 Å². The van der Waals surface area contributed by atoms with Crippen LogP contribution in [-0.2, 0) is 6.54 Å². The molecule has 0 bridgehead atoms. The molecule has 6 heteroatoms. The van der Waals surface area contributed by atoms with Crippen LogP contribution in [0.4, 0.5) is 11.8 Å². The molecule has 2 aromatic carbocycles. The zero-order chi connectivity index (χ0) is 22.6. The first-order valence-corrected chi connectivity index (χ1v) is 11.9. The van der Waals surface area contributed by atoms with E-state index in [1.54, 1.807) is 0 Å². The van der Waals surface area contributed by atoms with E-state index in [9.17, 15) is 0 Å². The van der Waals surface area contributed by atoms with Gasteiger partial charge in [-0.3, -0.25) is 4.98 Å². The second kappa shape index (κ2) is 9.71. The molecule has 5 rings (SSSR count). The summed E-state index contributed by atoms with van der Waals surface area (Å²) in [4.78, 5) is 16.2. The zero-order valence-corrected chi connectivity index (χ0v) is 19.5. The van der Waals surface area contributed by atoms with E-state index in [4.69, 9.17) is 9.97 Å². The Balaban J connectivity index is 1.15. The predicted octanol–water partition coefficient (Wildman–Crippen LogP) is 5.00. The van der Waals surface area contributed by atoms with Crippen LogP contribution in [0.5, 0.6) is 0 Å². The minimum Gasteiger partial charge on any atom is -0.362 e. The number of hydrogen-bond donors (Lipinski definition) is 2. The third-order valence-corrected chi connectivity index (χ3v) is 6.65. The van der Waals surface area contributed by atoms with Gasteiger partial charge in [0.1, 0.15) is 5.82 Å². The van der Waals surface area contributed by atoms with Gasteiger partial charge >= 0.3 is 0 Å². The zero-order valence-electron chi connectivity index (χ0n) is 19.5. The quantitative estimate of drug-likeness (QED) is 0.421. The highest BCUT2D eigenvalue weighted by Gasteiger charge is 2.22. The van der Waals surface area contributed by atoms with Crippen molar-refractivity contribution in [1.82, 2.24) is 20.3 Å². The molecule has 4 aromatic rings. The molecule has 2 heterocycles. The largest absolute Gasteiger partial charge is 0.362 e. The second-order valence-corrected chi connectivity index (χ2v) is 9.27. The molecule has 1 fully saturated rings. The number of aromatic nitrogens is 3. The van der Waals surface area contributed by atoms with Crippen molar-refractivity contribution in [3.05, 3.63) is 66.4 Å². The highest BCUT2D eigenvalue weighted by Crippen LogP contribution is 2.28. The first-order chi connectivity index (χ1) is 16.2. The number of pyridine rings is 1. The topological polar surface area (TPSA) is 66.0 Å². The molecule has 0 saturated heterocycles. The summed E-state index contributed by atoms with van der Waals surface area (Å²) in [5.41, 5.74) is 3.36. The normalized spacial score (nSPS) is 18.5. The van der Waals surface area contributed by atoms with Gasteiger partial charge in [0.15, 0.2) is 0 Å². The number of rotatable bonds is 7. The van der Waals surface area contributed by atoms with Crippen molar-refractivity contribution >= 4 is 33.6 Å². The molecule has 0 radical (unpaired) electrons. The smallest absolute Gasteiger partial charge is 0.225 e. The lowest BCUT2D eigenvalue weighted by molar-refractivity contribution is 0.324. The minimum atomic E-state index is 0.430. The highest BCUT2D eigenvalue weighted by molar-refractivity contribution is 5.90. The van der Waals surface area contributed by atoms with Crippen molar-refractivity contribution in [2.75, 3.05) is 30.9 Å². The van der Waals surface area contributed by atoms with Crippen molar-refractivity contribution in [2.24, 2.45) is 5.92 Å². The number of fused-ring (bicyclic) bond motifs is 2. The molecule has 2 aromatic heterocycles. The maximum atomic E-state index is 4.81. The summed E-state index contributed by atoms with van der Waals surface area (Å²) in [6.07, 6.45) is 6.60. The molecule has 0 spiro atoms. The molecular weight excluding hydrogens is 408 g/mol. The Hall–Kier alpha value is -3.25. The Kier molecular flexibility index (Phi) is 6.35. The van der Waals surface area contributed by atoms with Gasteiger partial charge < -0.3 is 15.5 Å². The van der Waals surface area contributed by atoms with Crippen molar-refractivity contribution in [3.8, 4) is 0 Å². The van der Waals surface area contributed by atoms with Gasteiger partial charge in [0, 0.05) is 43.7 Å². The summed E-state index contributed by atoms with van der Waals surface area (Å²) in [5.74, 6) is 2.41. The van der Waals surface area contributed by atoms with Crippen LogP contribution in [0.2, 0.25) is 0 Å². The van der Waals surface area contributed by atoms with Crippen LogP contribution in [-0.4, -0.2) is 41.6 Å². The van der Waals surface area contributed by atoms with Crippen LogP contribution in [0.25, 0.3) is 21.8 Å². The van der Waals surface area contributed by atoms with Crippen molar-refractivity contribution < 1.29 is 0 Å². The summed E-state index contributed by atoms with van der Waals surface area (Å²) in [6, 6.07) is 19.2. The first-order valence-electron chi connectivity index (χ1n) is 11.9. The lowest BCUT2D eigenvalue weighted by atomic mass is 9.86. The maximum Gasteiger partial charge on any atom is 0.225 e. The lowest BCUT2D eigenvalue weighted by Crippen LogP contribution is -2.31. The van der Waals surface area contributed by atoms with E-state index < -0.39 is 0 Å². The average molecular weight is 441 g/mol. The predicted molar refractivity (Wildman–Crippen MR) is 137 cm³/mol. The maximum absolute atomic E-state index is 4.81. The Bertz CT molecular complexity index is 1220. The number of hydrogen-bond acceptors (Lipinski definition) is 6. The van der Waals surface area contributed by atoms with E-state index in [0.717, 1.165) is 54.1 Å². The second-order valence-electron chi connectivity index (χ2n) is 9.27. The monoisotopic (exact) mass is 440 g/mol. The number of anilines is 2. The fraction of sp³-hybridized carbons (Fsp3) is 0.370. The Labute approximate surface area is 195 Å². The van der Waals surface area contributed by atoms with Gasteiger partial charge in [0.25, 0.3) is 0 Å². The summed E-state index contributed by atoms with van der Waals surface area (Å²) < 4.78 is 0. The van der Waals surface area contributed by atoms with E-state index in [1.807, 2.05) is 38.5 Å². The summed E-state index contributed by atoms with van der Waals surface area (Å²) in [6.45, 7) is 1.91. The standard InChI is InChI=1S/C27H32N6/c1-33(2)26-23-10-3-4-11-24(23)31-27(32-26)30-22-14-12-19(13-15-22)17-28-18-21-8-5-7-20-9-6-16-29-25(20)21/h3-11,16,19,22,28H,12-15,17-18H2,1-2H3,(H,30,31,32). The first kappa shape index (κ1) is 21.6. The van der Waals surface area contributed by atoms with Crippen molar-refractivity contribution in [2.45, 2.75) is 38.3 Å². The Morgan fingerprint density at radius 3 is 2.58 bits per heavy atom. The third-order valence-electron chi connectivity index (χ3n) is 6.65.